The second-order valence-corrected chi connectivity index (χ2v) is 9.19. The van der Waals surface area contributed by atoms with Crippen LogP contribution in [0.5, 0.6) is 0 Å². The normalized spacial score (nSPS) is 14.1. The number of carboxylic acid groups (broad SMARTS) is 1. The summed E-state index contributed by atoms with van der Waals surface area (Å²) in [6.07, 6.45) is 4.55. The van der Waals surface area contributed by atoms with Crippen LogP contribution in [0.3, 0.4) is 0 Å². The van der Waals surface area contributed by atoms with E-state index in [1.54, 1.807) is 29.2 Å². The van der Waals surface area contributed by atoms with Crippen molar-refractivity contribution < 1.29 is 24.3 Å². The van der Waals surface area contributed by atoms with E-state index in [0.717, 1.165) is 0 Å². The molecule has 2 aromatic carbocycles. The van der Waals surface area contributed by atoms with Gasteiger partial charge < -0.3 is 20.6 Å². The van der Waals surface area contributed by atoms with E-state index in [2.05, 4.69) is 26.2 Å². The number of nitrogens with zero attached hydrogens (tertiary/aromatic N) is 5. The highest BCUT2D eigenvalue weighted by Gasteiger charge is 2.33. The lowest BCUT2D eigenvalue weighted by molar-refractivity contribution is -0.135. The van der Waals surface area contributed by atoms with Crippen LogP contribution in [0.4, 0.5) is 5.69 Å². The zero-order chi connectivity index (χ0) is 27.2. The topological polar surface area (TPSA) is 159 Å². The summed E-state index contributed by atoms with van der Waals surface area (Å²) in [6.45, 7) is 2.47. The van der Waals surface area contributed by atoms with Crippen molar-refractivity contribution in [2.24, 2.45) is 5.92 Å². The number of nitrogens with one attached hydrogen (secondary N) is 2. The predicted molar refractivity (Wildman–Crippen MR) is 138 cm³/mol. The molecule has 0 aliphatic carbocycles. The van der Waals surface area contributed by atoms with Crippen LogP contribution in [0.2, 0.25) is 5.02 Å². The van der Waals surface area contributed by atoms with Crippen molar-refractivity contribution in [3.8, 4) is 5.69 Å². The van der Waals surface area contributed by atoms with Crippen molar-refractivity contribution in [2.75, 3.05) is 18.4 Å². The molecule has 1 saturated heterocycles. The first-order chi connectivity index (χ1) is 18.2. The molecule has 3 N–H and O–H groups in total. The van der Waals surface area contributed by atoms with Gasteiger partial charge in [0.2, 0.25) is 17.7 Å². The van der Waals surface area contributed by atoms with Crippen molar-refractivity contribution in [3.63, 3.8) is 0 Å². The first-order valence-corrected chi connectivity index (χ1v) is 12.0. The fraction of sp³-hybridized carbons (Fsp3) is 0.240. The van der Waals surface area contributed by atoms with Gasteiger partial charge in [-0.1, -0.05) is 11.6 Å². The summed E-state index contributed by atoms with van der Waals surface area (Å²) in [4.78, 5) is 50.2. The standard InChI is InChI=1S/C25H24ClN7O5/c1-15(34)32-12-16(13-32)10-21(24(36)28-20-6-2-17(3-7-20)25(37)38)29-23(35)9-4-18-11-19(26)5-8-22(18)33-14-27-30-31-33/h2-9,11,14,16,21H,10,12-13H2,1H3,(H,28,36)(H,29,35)(H,37,38). The summed E-state index contributed by atoms with van der Waals surface area (Å²) in [5.41, 5.74) is 1.65. The van der Waals surface area contributed by atoms with Crippen LogP contribution in [-0.2, 0) is 14.4 Å². The summed E-state index contributed by atoms with van der Waals surface area (Å²) in [6, 6.07) is 9.82. The second-order valence-electron chi connectivity index (χ2n) is 8.75. The maximum Gasteiger partial charge on any atom is 0.335 e. The number of carbonyl (C=O) groups is 4. The molecule has 1 fully saturated rings. The third-order valence-electron chi connectivity index (χ3n) is 6.00. The first kappa shape index (κ1) is 26.5. The number of halogens is 1. The molecule has 1 aliphatic rings. The summed E-state index contributed by atoms with van der Waals surface area (Å²) in [5.74, 6) is -2.08. The van der Waals surface area contributed by atoms with E-state index in [4.69, 9.17) is 16.7 Å². The van der Waals surface area contributed by atoms with E-state index in [1.807, 2.05) is 0 Å². The third-order valence-corrected chi connectivity index (χ3v) is 6.24. The zero-order valence-electron chi connectivity index (χ0n) is 20.2. The average molecular weight is 538 g/mol. The molecule has 3 amide bonds. The number of hydrogen-bond acceptors (Lipinski definition) is 7. The fourth-order valence-electron chi connectivity index (χ4n) is 3.99. The number of likely N-dealkylation sites (tertiary alicyclic amines) is 1. The largest absolute Gasteiger partial charge is 0.478 e. The Morgan fingerprint density at radius 1 is 1.16 bits per heavy atom. The molecular formula is C25H24ClN7O5. The number of anilines is 1. The van der Waals surface area contributed by atoms with Gasteiger partial charge in [0.05, 0.1) is 11.3 Å². The van der Waals surface area contributed by atoms with Gasteiger partial charge in [-0.05, 0) is 71.3 Å². The monoisotopic (exact) mass is 537 g/mol. The molecule has 196 valence electrons. The van der Waals surface area contributed by atoms with Crippen LogP contribution < -0.4 is 10.6 Å². The fourth-order valence-corrected chi connectivity index (χ4v) is 4.17. The van der Waals surface area contributed by atoms with Gasteiger partial charge >= 0.3 is 5.97 Å². The molecule has 12 nitrogen and oxygen atoms in total. The molecule has 0 radical (unpaired) electrons. The summed E-state index contributed by atoms with van der Waals surface area (Å²) in [7, 11) is 0. The molecule has 38 heavy (non-hydrogen) atoms. The van der Waals surface area contributed by atoms with Gasteiger partial charge in [-0.15, -0.1) is 5.10 Å². The minimum atomic E-state index is -1.08. The first-order valence-electron chi connectivity index (χ1n) is 11.6. The Balaban J connectivity index is 1.47. The maximum atomic E-state index is 13.1. The van der Waals surface area contributed by atoms with Gasteiger partial charge in [-0.25, -0.2) is 4.79 Å². The summed E-state index contributed by atoms with van der Waals surface area (Å²) >= 11 is 6.13. The molecule has 1 atom stereocenters. The Morgan fingerprint density at radius 2 is 1.89 bits per heavy atom. The molecule has 13 heteroatoms. The quantitative estimate of drug-likeness (QED) is 0.349. The van der Waals surface area contributed by atoms with Gasteiger partial charge in [-0.2, -0.15) is 4.68 Å². The number of carbonyl (C=O) groups excluding carboxylic acids is 3. The SMILES string of the molecule is CC(=O)N1CC(CC(NC(=O)C=Cc2cc(Cl)ccc2-n2cnnn2)C(=O)Nc2ccc(C(=O)O)cc2)C1. The van der Waals surface area contributed by atoms with E-state index in [-0.39, 0.29) is 17.4 Å². The van der Waals surface area contributed by atoms with E-state index in [1.165, 1.54) is 48.3 Å². The molecule has 4 rings (SSSR count). The molecule has 3 aromatic rings. The lowest BCUT2D eigenvalue weighted by atomic mass is 9.91. The van der Waals surface area contributed by atoms with E-state index < -0.39 is 23.8 Å². The maximum absolute atomic E-state index is 13.1. The minimum absolute atomic E-state index is 0.0349. The summed E-state index contributed by atoms with van der Waals surface area (Å²) < 4.78 is 1.43. The van der Waals surface area contributed by atoms with E-state index in [0.29, 0.717) is 41.5 Å². The minimum Gasteiger partial charge on any atom is -0.478 e. The molecule has 0 saturated carbocycles. The molecular weight excluding hydrogens is 514 g/mol. The molecule has 1 aliphatic heterocycles. The van der Waals surface area contributed by atoms with Crippen LogP contribution in [-0.4, -0.2) is 73.0 Å². The molecule has 1 aromatic heterocycles. The zero-order valence-corrected chi connectivity index (χ0v) is 21.0. The Labute approximate surface area is 222 Å². The number of tetrazole rings is 1. The third kappa shape index (κ3) is 6.59. The number of benzene rings is 2. The molecule has 2 heterocycles. The van der Waals surface area contributed by atoms with Crippen molar-refractivity contribution >= 4 is 47.1 Å². The molecule has 1 unspecified atom stereocenters. The van der Waals surface area contributed by atoms with Crippen molar-refractivity contribution in [1.29, 1.82) is 0 Å². The number of rotatable bonds is 9. The highest BCUT2D eigenvalue weighted by atomic mass is 35.5. The van der Waals surface area contributed by atoms with Crippen molar-refractivity contribution in [3.05, 3.63) is 71.0 Å². The van der Waals surface area contributed by atoms with Crippen LogP contribution in [0.1, 0.15) is 29.3 Å². The summed E-state index contributed by atoms with van der Waals surface area (Å²) in [5, 5.41) is 26.1. The van der Waals surface area contributed by atoms with Gasteiger partial charge in [0, 0.05) is 42.4 Å². The molecule has 0 bridgehead atoms. The molecule has 0 spiro atoms. The number of aromatic carboxylic acids is 1. The second kappa shape index (κ2) is 11.6. The Morgan fingerprint density at radius 3 is 2.53 bits per heavy atom. The lowest BCUT2D eigenvalue weighted by Gasteiger charge is -2.40. The van der Waals surface area contributed by atoms with Gasteiger partial charge in [0.25, 0.3) is 0 Å². The number of carboxylic acids is 1. The van der Waals surface area contributed by atoms with Gasteiger partial charge in [0.1, 0.15) is 12.4 Å². The number of hydrogen-bond donors (Lipinski definition) is 3. The van der Waals surface area contributed by atoms with Gasteiger partial charge in [0.15, 0.2) is 0 Å². The predicted octanol–water partition coefficient (Wildman–Crippen LogP) is 2.02. The van der Waals surface area contributed by atoms with E-state index >= 15 is 0 Å². The van der Waals surface area contributed by atoms with Crippen molar-refractivity contribution in [2.45, 2.75) is 19.4 Å². The van der Waals surface area contributed by atoms with Crippen LogP contribution in [0.25, 0.3) is 11.8 Å². The highest BCUT2D eigenvalue weighted by Crippen LogP contribution is 2.22. The lowest BCUT2D eigenvalue weighted by Crippen LogP contribution is -2.53. The average Bonchev–Trinajstić information content (AvgIpc) is 3.38. The van der Waals surface area contributed by atoms with Gasteiger partial charge in [-0.3, -0.25) is 14.4 Å². The Hall–Kier alpha value is -4.58. The van der Waals surface area contributed by atoms with Crippen LogP contribution in [0, 0.1) is 5.92 Å². The van der Waals surface area contributed by atoms with Crippen LogP contribution >= 0.6 is 11.6 Å². The number of aromatic nitrogens is 4. The smallest absolute Gasteiger partial charge is 0.335 e. The number of amides is 3. The highest BCUT2D eigenvalue weighted by molar-refractivity contribution is 6.30. The van der Waals surface area contributed by atoms with E-state index in [9.17, 15) is 19.2 Å². The Kier molecular flexibility index (Phi) is 8.12. The Bertz CT molecular complexity index is 1370. The van der Waals surface area contributed by atoms with Crippen LogP contribution in [0.15, 0.2) is 54.9 Å². The van der Waals surface area contributed by atoms with Crippen molar-refractivity contribution in [1.82, 2.24) is 30.4 Å².